The SMILES string of the molecule is Cc1cc2sc(C(C)(C)C)nc2cc1-c1n(C(C)(C)C)c2ccccc2[n+]1C. The minimum Gasteiger partial charge on any atom is -0.241 e. The number of benzene rings is 2. The Hall–Kier alpha value is -2.20. The van der Waals surface area contributed by atoms with E-state index in [-0.39, 0.29) is 11.0 Å². The lowest BCUT2D eigenvalue weighted by Gasteiger charge is -2.19. The standard InChI is InChI=1S/C24H30N3S/c1-15-13-20-17(25-22(28-20)23(2,3)4)14-16(15)21-26(8)18-11-9-10-12-19(18)27(21)24(5,6)7/h9-14H,1-8H3/q+1. The second-order valence-electron chi connectivity index (χ2n) is 9.78. The van der Waals surface area contributed by atoms with Crippen LogP contribution in [0.4, 0.5) is 0 Å². The molecule has 0 spiro atoms. The van der Waals surface area contributed by atoms with E-state index in [4.69, 9.17) is 4.98 Å². The third kappa shape index (κ3) is 2.95. The van der Waals surface area contributed by atoms with Crippen LogP contribution in [0.15, 0.2) is 36.4 Å². The number of nitrogens with zero attached hydrogens (tertiary/aromatic N) is 3. The Morgan fingerprint density at radius 3 is 2.32 bits per heavy atom. The van der Waals surface area contributed by atoms with Crippen molar-refractivity contribution in [1.29, 1.82) is 0 Å². The number of fused-ring (bicyclic) bond motifs is 2. The molecule has 0 fully saturated rings. The van der Waals surface area contributed by atoms with E-state index in [1.165, 1.54) is 37.7 Å². The molecule has 0 N–H and O–H groups in total. The van der Waals surface area contributed by atoms with Crippen LogP contribution in [0.1, 0.15) is 52.1 Å². The molecule has 0 saturated carbocycles. The lowest BCUT2D eigenvalue weighted by Crippen LogP contribution is -2.33. The Bertz CT molecular complexity index is 1200. The van der Waals surface area contributed by atoms with E-state index >= 15 is 0 Å². The molecule has 0 amide bonds. The quantitative estimate of drug-likeness (QED) is 0.359. The molecule has 28 heavy (non-hydrogen) atoms. The largest absolute Gasteiger partial charge is 0.290 e. The lowest BCUT2D eigenvalue weighted by atomic mass is 9.98. The van der Waals surface area contributed by atoms with Crippen molar-refractivity contribution in [2.45, 2.75) is 59.4 Å². The maximum absolute atomic E-state index is 4.99. The Balaban J connectivity index is 2.06. The molecule has 4 aromatic rings. The summed E-state index contributed by atoms with van der Waals surface area (Å²) in [6.07, 6.45) is 0. The first kappa shape index (κ1) is 19.1. The van der Waals surface area contributed by atoms with E-state index in [9.17, 15) is 0 Å². The predicted molar refractivity (Wildman–Crippen MR) is 120 cm³/mol. The van der Waals surface area contributed by atoms with Crippen molar-refractivity contribution in [2.75, 3.05) is 0 Å². The molecule has 146 valence electrons. The third-order valence-electron chi connectivity index (χ3n) is 5.30. The fourth-order valence-electron chi connectivity index (χ4n) is 3.93. The van der Waals surface area contributed by atoms with Crippen LogP contribution in [0.25, 0.3) is 32.6 Å². The summed E-state index contributed by atoms with van der Waals surface area (Å²) in [7, 11) is 2.17. The molecule has 0 radical (unpaired) electrons. The predicted octanol–water partition coefficient (Wildman–Crippen LogP) is 6.10. The van der Waals surface area contributed by atoms with Crippen molar-refractivity contribution < 1.29 is 4.57 Å². The monoisotopic (exact) mass is 392 g/mol. The Labute approximate surface area is 171 Å². The van der Waals surface area contributed by atoms with Crippen LogP contribution in [-0.2, 0) is 18.0 Å². The van der Waals surface area contributed by atoms with Gasteiger partial charge in [-0.3, -0.25) is 0 Å². The first-order valence-corrected chi connectivity index (χ1v) is 10.7. The van der Waals surface area contributed by atoms with Gasteiger partial charge in [0.1, 0.15) is 5.54 Å². The zero-order chi connectivity index (χ0) is 20.4. The Morgan fingerprint density at radius 2 is 1.68 bits per heavy atom. The zero-order valence-corrected chi connectivity index (χ0v) is 19.0. The number of hydrogen-bond acceptors (Lipinski definition) is 2. The summed E-state index contributed by atoms with van der Waals surface area (Å²) >= 11 is 1.82. The van der Waals surface area contributed by atoms with Gasteiger partial charge in [-0.25, -0.2) is 14.1 Å². The van der Waals surface area contributed by atoms with Crippen LogP contribution in [0.3, 0.4) is 0 Å². The number of imidazole rings is 1. The molecule has 0 saturated heterocycles. The molecule has 0 atom stereocenters. The molecule has 0 aliphatic carbocycles. The van der Waals surface area contributed by atoms with Crippen LogP contribution >= 0.6 is 11.3 Å². The molecule has 2 heterocycles. The number of aromatic nitrogens is 3. The van der Waals surface area contributed by atoms with Gasteiger partial charge in [-0.1, -0.05) is 32.9 Å². The van der Waals surface area contributed by atoms with Gasteiger partial charge < -0.3 is 0 Å². The number of rotatable bonds is 1. The van der Waals surface area contributed by atoms with E-state index in [2.05, 4.69) is 101 Å². The summed E-state index contributed by atoms with van der Waals surface area (Å²) in [4.78, 5) is 4.99. The van der Waals surface area contributed by atoms with Crippen molar-refractivity contribution in [3.05, 3.63) is 47.0 Å². The Kier molecular flexibility index (Phi) is 4.20. The number of para-hydroxylation sites is 2. The van der Waals surface area contributed by atoms with Crippen LogP contribution in [0.5, 0.6) is 0 Å². The Morgan fingerprint density at radius 1 is 1.00 bits per heavy atom. The summed E-state index contributed by atoms with van der Waals surface area (Å²) < 4.78 is 6.06. The molecule has 2 aromatic heterocycles. The van der Waals surface area contributed by atoms with Gasteiger partial charge >= 0.3 is 0 Å². The maximum Gasteiger partial charge on any atom is 0.290 e. The summed E-state index contributed by atoms with van der Waals surface area (Å²) in [5.74, 6) is 1.23. The van der Waals surface area contributed by atoms with Gasteiger partial charge in [-0.15, -0.1) is 11.3 Å². The highest BCUT2D eigenvalue weighted by atomic mass is 32.1. The average molecular weight is 393 g/mol. The summed E-state index contributed by atoms with van der Waals surface area (Å²) in [6, 6.07) is 13.3. The van der Waals surface area contributed by atoms with Gasteiger partial charge in [0.05, 0.1) is 27.8 Å². The number of thiazole rings is 1. The number of aryl methyl sites for hydroxylation is 2. The highest BCUT2D eigenvalue weighted by Gasteiger charge is 2.33. The highest BCUT2D eigenvalue weighted by Crippen LogP contribution is 2.37. The van der Waals surface area contributed by atoms with E-state index in [1.807, 2.05) is 11.3 Å². The average Bonchev–Trinajstić information content (AvgIpc) is 3.12. The molecule has 0 aliphatic heterocycles. The second kappa shape index (κ2) is 6.15. The van der Waals surface area contributed by atoms with E-state index in [1.54, 1.807) is 0 Å². The highest BCUT2D eigenvalue weighted by molar-refractivity contribution is 7.18. The number of hydrogen-bond donors (Lipinski definition) is 0. The zero-order valence-electron chi connectivity index (χ0n) is 18.2. The smallest absolute Gasteiger partial charge is 0.241 e. The van der Waals surface area contributed by atoms with E-state index in [0.717, 1.165) is 5.52 Å². The van der Waals surface area contributed by atoms with Crippen LogP contribution in [0.2, 0.25) is 0 Å². The molecular weight excluding hydrogens is 362 g/mol. The van der Waals surface area contributed by atoms with Gasteiger partial charge in [-0.2, -0.15) is 0 Å². The second-order valence-corrected chi connectivity index (χ2v) is 10.8. The first-order chi connectivity index (χ1) is 13.0. The molecule has 2 aromatic carbocycles. The fraction of sp³-hybridized carbons (Fsp3) is 0.417. The fourth-order valence-corrected chi connectivity index (χ4v) is 5.04. The molecule has 3 nitrogen and oxygen atoms in total. The van der Waals surface area contributed by atoms with Crippen LogP contribution in [0, 0.1) is 6.92 Å². The topological polar surface area (TPSA) is 21.7 Å². The normalized spacial score (nSPS) is 13.0. The molecular formula is C24H30N3S+. The third-order valence-corrected chi connectivity index (χ3v) is 6.75. The van der Waals surface area contributed by atoms with Gasteiger partial charge in [0.15, 0.2) is 11.0 Å². The first-order valence-electron chi connectivity index (χ1n) is 9.90. The van der Waals surface area contributed by atoms with Gasteiger partial charge in [-0.05, 0) is 57.5 Å². The van der Waals surface area contributed by atoms with Gasteiger partial charge in [0.2, 0.25) is 0 Å². The molecule has 4 rings (SSSR count). The van der Waals surface area contributed by atoms with Crippen molar-refractivity contribution in [1.82, 2.24) is 9.55 Å². The van der Waals surface area contributed by atoms with Gasteiger partial charge in [0, 0.05) is 5.41 Å². The summed E-state index contributed by atoms with van der Waals surface area (Å²) in [5.41, 5.74) is 6.20. The van der Waals surface area contributed by atoms with Gasteiger partial charge in [0.25, 0.3) is 5.82 Å². The minimum atomic E-state index is -0.0315. The van der Waals surface area contributed by atoms with Crippen molar-refractivity contribution in [2.24, 2.45) is 7.05 Å². The van der Waals surface area contributed by atoms with E-state index in [0.29, 0.717) is 0 Å². The molecule has 0 bridgehead atoms. The van der Waals surface area contributed by atoms with Crippen molar-refractivity contribution >= 4 is 32.6 Å². The van der Waals surface area contributed by atoms with Crippen LogP contribution < -0.4 is 4.57 Å². The minimum absolute atomic E-state index is 0.0315. The lowest BCUT2D eigenvalue weighted by molar-refractivity contribution is -0.634. The maximum atomic E-state index is 4.99. The van der Waals surface area contributed by atoms with Crippen molar-refractivity contribution in [3.8, 4) is 11.4 Å². The van der Waals surface area contributed by atoms with Crippen molar-refractivity contribution in [3.63, 3.8) is 0 Å². The molecule has 0 unspecified atom stereocenters. The molecule has 4 heteroatoms. The van der Waals surface area contributed by atoms with E-state index < -0.39 is 0 Å². The summed E-state index contributed by atoms with van der Waals surface area (Å²) in [6.45, 7) is 15.7. The van der Waals surface area contributed by atoms with Crippen LogP contribution in [-0.4, -0.2) is 9.55 Å². The molecule has 0 aliphatic rings. The summed E-state index contributed by atoms with van der Waals surface area (Å²) in [5, 5.41) is 1.19.